The van der Waals surface area contributed by atoms with Gasteiger partial charge in [0.1, 0.15) is 17.1 Å². The van der Waals surface area contributed by atoms with E-state index in [1.807, 2.05) is 12.1 Å². The first kappa shape index (κ1) is 17.3. The molecule has 0 bridgehead atoms. The molecule has 0 saturated carbocycles. The van der Waals surface area contributed by atoms with Gasteiger partial charge in [-0.05, 0) is 54.3 Å². The standard InChI is InChI=1S/C20H23NO4/c1-13-17-11-16(24-2)6-5-15(17)8-9-21(13)12-14-4-7-19(25-3)18(10-14)20(22)23/h4-7,10-11,13H,8-9,12H2,1-3H3,(H,22,23)/t13-/m0/s1. The van der Waals surface area contributed by atoms with Gasteiger partial charge in [-0.1, -0.05) is 12.1 Å². The lowest BCUT2D eigenvalue weighted by molar-refractivity contribution is 0.0693. The lowest BCUT2D eigenvalue weighted by Gasteiger charge is -2.35. The van der Waals surface area contributed by atoms with Crippen LogP contribution >= 0.6 is 0 Å². The molecule has 2 aromatic rings. The number of rotatable bonds is 5. The van der Waals surface area contributed by atoms with Crippen LogP contribution in [0, 0.1) is 0 Å². The molecule has 1 atom stereocenters. The average Bonchev–Trinajstić information content (AvgIpc) is 2.63. The van der Waals surface area contributed by atoms with Gasteiger partial charge in [-0.3, -0.25) is 4.90 Å². The normalized spacial score (nSPS) is 17.0. The number of methoxy groups -OCH3 is 2. The Morgan fingerprint density at radius 3 is 2.68 bits per heavy atom. The van der Waals surface area contributed by atoms with Crippen LogP contribution < -0.4 is 9.47 Å². The molecule has 0 unspecified atom stereocenters. The highest BCUT2D eigenvalue weighted by Gasteiger charge is 2.24. The number of ether oxygens (including phenoxy) is 2. The summed E-state index contributed by atoms with van der Waals surface area (Å²) in [6.45, 7) is 3.82. The van der Waals surface area contributed by atoms with Crippen molar-refractivity contribution >= 4 is 5.97 Å². The predicted molar refractivity (Wildman–Crippen MR) is 95.5 cm³/mol. The lowest BCUT2D eigenvalue weighted by atomic mass is 9.92. The molecule has 0 fully saturated rings. The Labute approximate surface area is 147 Å². The third kappa shape index (κ3) is 3.46. The van der Waals surface area contributed by atoms with Gasteiger partial charge in [0.25, 0.3) is 0 Å². The highest BCUT2D eigenvalue weighted by atomic mass is 16.5. The minimum atomic E-state index is -0.972. The van der Waals surface area contributed by atoms with Crippen LogP contribution in [0.3, 0.4) is 0 Å². The van der Waals surface area contributed by atoms with Crippen molar-refractivity contribution in [3.8, 4) is 11.5 Å². The summed E-state index contributed by atoms with van der Waals surface area (Å²) in [5, 5.41) is 9.36. The topological polar surface area (TPSA) is 59.0 Å². The van der Waals surface area contributed by atoms with Crippen molar-refractivity contribution in [3.05, 3.63) is 58.7 Å². The third-order valence-corrected chi connectivity index (χ3v) is 4.90. The molecular weight excluding hydrogens is 318 g/mol. The van der Waals surface area contributed by atoms with E-state index in [9.17, 15) is 9.90 Å². The van der Waals surface area contributed by atoms with Gasteiger partial charge >= 0.3 is 5.97 Å². The number of benzene rings is 2. The first-order chi connectivity index (χ1) is 12.0. The fourth-order valence-corrected chi connectivity index (χ4v) is 3.44. The molecule has 0 saturated heterocycles. The summed E-state index contributed by atoms with van der Waals surface area (Å²) < 4.78 is 10.5. The Balaban J connectivity index is 1.84. The predicted octanol–water partition coefficient (Wildman–Crippen LogP) is 3.52. The van der Waals surface area contributed by atoms with Crippen LogP contribution in [0.4, 0.5) is 0 Å². The van der Waals surface area contributed by atoms with Crippen LogP contribution in [0.2, 0.25) is 0 Å². The maximum Gasteiger partial charge on any atom is 0.339 e. The second-order valence-electron chi connectivity index (χ2n) is 6.30. The Morgan fingerprint density at radius 2 is 2.00 bits per heavy atom. The summed E-state index contributed by atoms with van der Waals surface area (Å²) in [5.41, 5.74) is 3.80. The number of hydrogen-bond acceptors (Lipinski definition) is 4. The summed E-state index contributed by atoms with van der Waals surface area (Å²) in [6, 6.07) is 11.8. The second kappa shape index (κ2) is 7.15. The molecule has 0 spiro atoms. The van der Waals surface area contributed by atoms with E-state index < -0.39 is 5.97 Å². The van der Waals surface area contributed by atoms with E-state index in [4.69, 9.17) is 9.47 Å². The molecule has 0 aliphatic carbocycles. The van der Waals surface area contributed by atoms with E-state index in [1.54, 1.807) is 19.2 Å². The minimum absolute atomic E-state index is 0.201. The SMILES string of the molecule is COc1ccc2c(c1)[C@H](C)N(Cc1ccc(OC)c(C(=O)O)c1)CC2. The number of hydrogen-bond donors (Lipinski definition) is 1. The molecule has 1 N–H and O–H groups in total. The average molecular weight is 341 g/mol. The molecule has 1 aliphatic heterocycles. The van der Waals surface area contributed by atoms with Gasteiger partial charge in [0.2, 0.25) is 0 Å². The van der Waals surface area contributed by atoms with Crippen molar-refractivity contribution in [2.75, 3.05) is 20.8 Å². The monoisotopic (exact) mass is 341 g/mol. The third-order valence-electron chi connectivity index (χ3n) is 4.90. The highest BCUT2D eigenvalue weighted by molar-refractivity contribution is 5.91. The largest absolute Gasteiger partial charge is 0.497 e. The molecule has 5 nitrogen and oxygen atoms in total. The molecule has 0 amide bonds. The number of fused-ring (bicyclic) bond motifs is 1. The molecular formula is C20H23NO4. The van der Waals surface area contributed by atoms with E-state index in [-0.39, 0.29) is 11.6 Å². The second-order valence-corrected chi connectivity index (χ2v) is 6.30. The van der Waals surface area contributed by atoms with Crippen molar-refractivity contribution in [1.29, 1.82) is 0 Å². The molecule has 5 heteroatoms. The Hall–Kier alpha value is -2.53. The van der Waals surface area contributed by atoms with Crippen molar-refractivity contribution in [3.63, 3.8) is 0 Å². The molecule has 0 radical (unpaired) electrons. The van der Waals surface area contributed by atoms with Crippen LogP contribution in [-0.4, -0.2) is 36.7 Å². The fraction of sp³-hybridized carbons (Fsp3) is 0.350. The van der Waals surface area contributed by atoms with Gasteiger partial charge in [-0.2, -0.15) is 0 Å². The molecule has 25 heavy (non-hydrogen) atoms. The molecule has 1 aliphatic rings. The smallest absolute Gasteiger partial charge is 0.339 e. The van der Waals surface area contributed by atoms with Gasteiger partial charge in [-0.25, -0.2) is 4.79 Å². The first-order valence-corrected chi connectivity index (χ1v) is 8.34. The summed E-state index contributed by atoms with van der Waals surface area (Å²) in [7, 11) is 3.16. The van der Waals surface area contributed by atoms with Gasteiger partial charge in [0.15, 0.2) is 0 Å². The summed E-state index contributed by atoms with van der Waals surface area (Å²) in [5.74, 6) is 0.281. The maximum absolute atomic E-state index is 11.4. The summed E-state index contributed by atoms with van der Waals surface area (Å²) in [4.78, 5) is 13.8. The molecule has 0 aromatic heterocycles. The Bertz CT molecular complexity index is 787. The number of carboxylic acid groups (broad SMARTS) is 1. The van der Waals surface area contributed by atoms with Crippen LogP contribution in [0.5, 0.6) is 11.5 Å². The van der Waals surface area contributed by atoms with Crippen LogP contribution in [0.25, 0.3) is 0 Å². The first-order valence-electron chi connectivity index (χ1n) is 8.34. The Kier molecular flexibility index (Phi) is 4.95. The van der Waals surface area contributed by atoms with E-state index in [0.717, 1.165) is 24.3 Å². The van der Waals surface area contributed by atoms with Crippen LogP contribution in [-0.2, 0) is 13.0 Å². The van der Waals surface area contributed by atoms with E-state index >= 15 is 0 Å². The van der Waals surface area contributed by atoms with Crippen molar-refractivity contribution in [2.45, 2.75) is 25.9 Å². The number of aromatic carboxylic acids is 1. The van der Waals surface area contributed by atoms with E-state index in [0.29, 0.717) is 12.3 Å². The number of carboxylic acids is 1. The maximum atomic E-state index is 11.4. The highest BCUT2D eigenvalue weighted by Crippen LogP contribution is 2.33. The zero-order chi connectivity index (χ0) is 18.0. The fourth-order valence-electron chi connectivity index (χ4n) is 3.44. The summed E-state index contributed by atoms with van der Waals surface area (Å²) >= 11 is 0. The van der Waals surface area contributed by atoms with Gasteiger partial charge in [-0.15, -0.1) is 0 Å². The van der Waals surface area contributed by atoms with Crippen LogP contribution in [0.1, 0.15) is 40.0 Å². The Morgan fingerprint density at radius 1 is 1.20 bits per heavy atom. The molecule has 132 valence electrons. The van der Waals surface area contributed by atoms with Gasteiger partial charge in [0.05, 0.1) is 14.2 Å². The summed E-state index contributed by atoms with van der Waals surface area (Å²) in [6.07, 6.45) is 0.978. The van der Waals surface area contributed by atoms with Gasteiger partial charge < -0.3 is 14.6 Å². The molecule has 1 heterocycles. The molecule has 2 aromatic carbocycles. The lowest BCUT2D eigenvalue weighted by Crippen LogP contribution is -2.33. The van der Waals surface area contributed by atoms with Crippen LogP contribution in [0.15, 0.2) is 36.4 Å². The number of nitrogens with zero attached hydrogens (tertiary/aromatic N) is 1. The zero-order valence-electron chi connectivity index (χ0n) is 14.8. The molecule has 3 rings (SSSR count). The number of carbonyl (C=O) groups is 1. The van der Waals surface area contributed by atoms with Crippen molar-refractivity contribution < 1.29 is 19.4 Å². The van der Waals surface area contributed by atoms with E-state index in [2.05, 4.69) is 24.0 Å². The van der Waals surface area contributed by atoms with E-state index in [1.165, 1.54) is 18.2 Å². The van der Waals surface area contributed by atoms with Crippen molar-refractivity contribution in [2.24, 2.45) is 0 Å². The van der Waals surface area contributed by atoms with Crippen molar-refractivity contribution in [1.82, 2.24) is 4.90 Å². The van der Waals surface area contributed by atoms with Gasteiger partial charge in [0, 0.05) is 19.1 Å². The minimum Gasteiger partial charge on any atom is -0.497 e. The zero-order valence-corrected chi connectivity index (χ0v) is 14.8. The quantitative estimate of drug-likeness (QED) is 0.902.